The molecule has 0 amide bonds. The Balaban J connectivity index is 1.96. The van der Waals surface area contributed by atoms with Crippen LogP contribution in [-0.4, -0.2) is 60.8 Å². The zero-order valence-electron chi connectivity index (χ0n) is 16.7. The standard InChI is InChI=1S/C20H29NO6/c1-6-12(3)20(24)27-17-10-14-9-15(11-16(17)21(14)5)26-18(22)8-13(4)19(23)25-7-2/h6,8,14-17H,7,9-11H2,1-5H3. The van der Waals surface area contributed by atoms with Gasteiger partial charge in [0, 0.05) is 42.5 Å². The Morgan fingerprint density at radius 3 is 2.37 bits per heavy atom. The van der Waals surface area contributed by atoms with Crippen LogP contribution in [0.25, 0.3) is 0 Å². The fraction of sp³-hybridized carbons (Fsp3) is 0.650. The van der Waals surface area contributed by atoms with Crippen molar-refractivity contribution in [3.63, 3.8) is 0 Å². The lowest BCUT2D eigenvalue weighted by molar-refractivity contribution is -0.150. The van der Waals surface area contributed by atoms with E-state index in [2.05, 4.69) is 4.90 Å². The van der Waals surface area contributed by atoms with E-state index >= 15 is 0 Å². The maximum absolute atomic E-state index is 12.1. The third-order valence-corrected chi connectivity index (χ3v) is 5.30. The summed E-state index contributed by atoms with van der Waals surface area (Å²) >= 11 is 0. The molecule has 0 aromatic heterocycles. The molecule has 7 heteroatoms. The number of carbonyl (C=O) groups is 3. The number of rotatable bonds is 6. The van der Waals surface area contributed by atoms with Gasteiger partial charge in [0.2, 0.25) is 0 Å². The molecule has 0 N–H and O–H groups in total. The van der Waals surface area contributed by atoms with Crippen LogP contribution in [0.15, 0.2) is 23.3 Å². The molecule has 0 saturated carbocycles. The van der Waals surface area contributed by atoms with Crippen LogP contribution < -0.4 is 0 Å². The first kappa shape index (κ1) is 21.2. The Morgan fingerprint density at radius 2 is 1.74 bits per heavy atom. The number of ether oxygens (including phenoxy) is 3. The zero-order chi connectivity index (χ0) is 20.1. The molecule has 0 spiro atoms. The molecular formula is C20H29NO6. The molecule has 27 heavy (non-hydrogen) atoms. The molecule has 0 radical (unpaired) electrons. The van der Waals surface area contributed by atoms with E-state index in [0.29, 0.717) is 18.4 Å². The van der Waals surface area contributed by atoms with Crippen molar-refractivity contribution >= 4 is 17.9 Å². The smallest absolute Gasteiger partial charge is 0.333 e. The summed E-state index contributed by atoms with van der Waals surface area (Å²) in [5.41, 5.74) is 0.799. The summed E-state index contributed by atoms with van der Waals surface area (Å²) in [7, 11) is 2.01. The first-order valence-electron chi connectivity index (χ1n) is 9.38. The van der Waals surface area contributed by atoms with E-state index in [1.54, 1.807) is 26.8 Å². The number of carbonyl (C=O) groups excluding carboxylic acids is 3. The first-order valence-corrected chi connectivity index (χ1v) is 9.38. The minimum absolute atomic E-state index is 0.0188. The van der Waals surface area contributed by atoms with E-state index in [0.717, 1.165) is 6.42 Å². The number of piperidine rings is 1. The van der Waals surface area contributed by atoms with Crippen LogP contribution in [0.5, 0.6) is 0 Å². The van der Waals surface area contributed by atoms with Crippen molar-refractivity contribution in [3.05, 3.63) is 23.3 Å². The average molecular weight is 379 g/mol. The Hall–Kier alpha value is -2.15. The second-order valence-electron chi connectivity index (χ2n) is 7.12. The summed E-state index contributed by atoms with van der Waals surface area (Å²) in [4.78, 5) is 38.0. The van der Waals surface area contributed by atoms with Gasteiger partial charge in [-0.15, -0.1) is 0 Å². The summed E-state index contributed by atoms with van der Waals surface area (Å²) < 4.78 is 16.1. The minimum Gasteiger partial charge on any atom is -0.463 e. The summed E-state index contributed by atoms with van der Waals surface area (Å²) in [5.74, 6) is -1.37. The Kier molecular flexibility index (Phi) is 7.18. The number of likely N-dealkylation sites (N-methyl/N-ethyl adjacent to an activating group) is 1. The van der Waals surface area contributed by atoms with E-state index in [1.165, 1.54) is 13.0 Å². The van der Waals surface area contributed by atoms with Gasteiger partial charge in [0.25, 0.3) is 0 Å². The van der Waals surface area contributed by atoms with Crippen LogP contribution in [0, 0.1) is 0 Å². The molecule has 4 unspecified atom stereocenters. The molecule has 2 fully saturated rings. The monoisotopic (exact) mass is 379 g/mol. The second-order valence-corrected chi connectivity index (χ2v) is 7.12. The molecule has 0 aromatic carbocycles. The lowest BCUT2D eigenvalue weighted by atomic mass is 10.00. The van der Waals surface area contributed by atoms with Gasteiger partial charge in [0.15, 0.2) is 0 Å². The van der Waals surface area contributed by atoms with Crippen molar-refractivity contribution in [2.75, 3.05) is 13.7 Å². The fourth-order valence-corrected chi connectivity index (χ4v) is 3.62. The molecule has 150 valence electrons. The van der Waals surface area contributed by atoms with Gasteiger partial charge in [0.1, 0.15) is 12.2 Å². The van der Waals surface area contributed by atoms with E-state index in [-0.39, 0.29) is 42.4 Å². The van der Waals surface area contributed by atoms with E-state index < -0.39 is 11.9 Å². The summed E-state index contributed by atoms with van der Waals surface area (Å²) in [5, 5.41) is 0. The van der Waals surface area contributed by atoms with Crippen LogP contribution in [0.3, 0.4) is 0 Å². The van der Waals surface area contributed by atoms with Gasteiger partial charge in [-0.2, -0.15) is 0 Å². The largest absolute Gasteiger partial charge is 0.463 e. The Bertz CT molecular complexity index is 653. The highest BCUT2D eigenvalue weighted by Crippen LogP contribution is 2.37. The topological polar surface area (TPSA) is 82.1 Å². The van der Waals surface area contributed by atoms with Gasteiger partial charge in [-0.3, -0.25) is 4.90 Å². The number of allylic oxidation sites excluding steroid dienone is 1. The highest BCUT2D eigenvalue weighted by atomic mass is 16.6. The maximum Gasteiger partial charge on any atom is 0.333 e. The second kappa shape index (κ2) is 9.17. The van der Waals surface area contributed by atoms with Crippen molar-refractivity contribution in [3.8, 4) is 0 Å². The molecule has 0 aliphatic carbocycles. The number of hydrogen-bond donors (Lipinski definition) is 0. The summed E-state index contributed by atoms with van der Waals surface area (Å²) in [6, 6.07) is 0.214. The van der Waals surface area contributed by atoms with Crippen LogP contribution in [0.2, 0.25) is 0 Å². The molecule has 2 saturated heterocycles. The van der Waals surface area contributed by atoms with Crippen LogP contribution in [0.1, 0.15) is 47.0 Å². The average Bonchev–Trinajstić information content (AvgIpc) is 2.79. The van der Waals surface area contributed by atoms with Gasteiger partial charge in [-0.1, -0.05) is 6.08 Å². The number of fused-ring (bicyclic) bond motifs is 2. The maximum atomic E-state index is 12.1. The highest BCUT2D eigenvalue weighted by molar-refractivity contribution is 5.95. The number of nitrogens with zero attached hydrogens (tertiary/aromatic N) is 1. The third-order valence-electron chi connectivity index (χ3n) is 5.30. The SMILES string of the molecule is CC=C(C)C(=O)OC1CC2CC(OC(=O)C=C(C)C(=O)OCC)CC1N2C. The third kappa shape index (κ3) is 5.19. The van der Waals surface area contributed by atoms with Crippen molar-refractivity contribution < 1.29 is 28.6 Å². The zero-order valence-corrected chi connectivity index (χ0v) is 16.7. The van der Waals surface area contributed by atoms with Crippen LogP contribution >= 0.6 is 0 Å². The van der Waals surface area contributed by atoms with Crippen molar-refractivity contribution in [1.82, 2.24) is 4.90 Å². The molecular weight excluding hydrogens is 350 g/mol. The number of esters is 3. The Labute approximate surface area is 160 Å². The van der Waals surface area contributed by atoms with E-state index in [4.69, 9.17) is 14.2 Å². The van der Waals surface area contributed by atoms with Crippen molar-refractivity contribution in [2.24, 2.45) is 0 Å². The van der Waals surface area contributed by atoms with Gasteiger partial charge in [-0.05, 0) is 34.7 Å². The molecule has 2 heterocycles. The minimum atomic E-state index is -0.548. The van der Waals surface area contributed by atoms with Crippen molar-refractivity contribution in [2.45, 2.75) is 71.2 Å². The van der Waals surface area contributed by atoms with Gasteiger partial charge in [0.05, 0.1) is 12.6 Å². The summed E-state index contributed by atoms with van der Waals surface area (Å²) in [6.45, 7) is 7.02. The fourth-order valence-electron chi connectivity index (χ4n) is 3.62. The van der Waals surface area contributed by atoms with Crippen LogP contribution in [0.4, 0.5) is 0 Å². The molecule has 0 aromatic rings. The van der Waals surface area contributed by atoms with E-state index in [9.17, 15) is 14.4 Å². The predicted octanol–water partition coefficient (Wildman–Crippen LogP) is 2.15. The molecule has 2 rings (SSSR count). The number of hydrogen-bond acceptors (Lipinski definition) is 7. The Morgan fingerprint density at radius 1 is 1.04 bits per heavy atom. The lowest BCUT2D eigenvalue weighted by Crippen LogP contribution is -2.46. The molecule has 2 bridgehead atoms. The predicted molar refractivity (Wildman–Crippen MR) is 98.8 cm³/mol. The molecule has 2 aliphatic heterocycles. The van der Waals surface area contributed by atoms with Gasteiger partial charge < -0.3 is 14.2 Å². The van der Waals surface area contributed by atoms with Crippen molar-refractivity contribution in [1.29, 1.82) is 0 Å². The lowest BCUT2D eigenvalue weighted by Gasteiger charge is -2.36. The summed E-state index contributed by atoms with van der Waals surface area (Å²) in [6.07, 6.45) is 4.44. The molecule has 2 aliphatic rings. The molecule has 7 nitrogen and oxygen atoms in total. The van der Waals surface area contributed by atoms with Gasteiger partial charge >= 0.3 is 17.9 Å². The quantitative estimate of drug-likeness (QED) is 0.397. The van der Waals surface area contributed by atoms with Gasteiger partial charge in [-0.25, -0.2) is 14.4 Å². The molecule has 4 atom stereocenters. The normalized spacial score (nSPS) is 28.6. The highest BCUT2D eigenvalue weighted by Gasteiger charge is 2.47. The first-order chi connectivity index (χ1) is 12.8. The van der Waals surface area contributed by atoms with E-state index in [1.807, 2.05) is 7.05 Å². The van der Waals surface area contributed by atoms with Crippen LogP contribution in [-0.2, 0) is 28.6 Å².